The van der Waals surface area contributed by atoms with E-state index in [1.165, 1.54) is 4.57 Å². The predicted octanol–water partition coefficient (Wildman–Crippen LogP) is -1.48. The lowest BCUT2D eigenvalue weighted by Crippen LogP contribution is -2.33. The average molecular weight is 281 g/mol. The maximum absolute atomic E-state index is 11.8. The third kappa shape index (κ3) is 1.81. The highest BCUT2D eigenvalue weighted by atomic mass is 16.6. The third-order valence-electron chi connectivity index (χ3n) is 3.54. The predicted molar refractivity (Wildman–Crippen MR) is 70.0 cm³/mol. The summed E-state index contributed by atoms with van der Waals surface area (Å²) in [5.74, 6) is 0.189. The fourth-order valence-corrected chi connectivity index (χ4v) is 2.52. The van der Waals surface area contributed by atoms with Gasteiger partial charge in [-0.3, -0.25) is 4.79 Å². The van der Waals surface area contributed by atoms with Crippen LogP contribution in [0.4, 0.5) is 5.82 Å². The molecule has 8 heteroatoms. The van der Waals surface area contributed by atoms with Crippen molar-refractivity contribution in [1.82, 2.24) is 9.55 Å². The Hall–Kier alpha value is -1.87. The molecule has 6 N–H and O–H groups in total. The molecule has 3 rings (SSSR count). The van der Waals surface area contributed by atoms with Gasteiger partial charge in [0.2, 0.25) is 0 Å². The summed E-state index contributed by atoms with van der Waals surface area (Å²) in [5, 5.41) is 29.3. The van der Waals surface area contributed by atoms with Gasteiger partial charge >= 0.3 is 0 Å². The Bertz CT molecular complexity index is 694. The number of hydrogen-bond acceptors (Lipinski definition) is 6. The maximum Gasteiger partial charge on any atom is 0.258 e. The van der Waals surface area contributed by atoms with E-state index >= 15 is 0 Å². The molecule has 1 saturated heterocycles. The van der Waals surface area contributed by atoms with Crippen molar-refractivity contribution in [2.45, 2.75) is 24.5 Å². The molecule has 1 aliphatic heterocycles. The first-order valence-electron chi connectivity index (χ1n) is 6.14. The Morgan fingerprint density at radius 2 is 2.15 bits per heavy atom. The maximum atomic E-state index is 11.8. The lowest BCUT2D eigenvalue weighted by molar-refractivity contribution is -0.0506. The number of nitrogens with two attached hydrogens (primary N) is 1. The molecule has 0 aromatic carbocycles. The van der Waals surface area contributed by atoms with E-state index in [4.69, 9.17) is 15.6 Å². The van der Waals surface area contributed by atoms with Crippen molar-refractivity contribution in [3.05, 3.63) is 28.7 Å². The molecule has 1 aliphatic rings. The molecule has 20 heavy (non-hydrogen) atoms. The van der Waals surface area contributed by atoms with E-state index in [0.29, 0.717) is 10.9 Å². The van der Waals surface area contributed by atoms with Gasteiger partial charge in [0, 0.05) is 12.3 Å². The quantitative estimate of drug-likeness (QED) is 0.456. The number of anilines is 1. The molecule has 108 valence electrons. The van der Waals surface area contributed by atoms with Crippen LogP contribution in [0.1, 0.15) is 6.23 Å². The average Bonchev–Trinajstić information content (AvgIpc) is 2.93. The van der Waals surface area contributed by atoms with Crippen LogP contribution in [0.25, 0.3) is 10.9 Å². The van der Waals surface area contributed by atoms with Crippen LogP contribution in [0.5, 0.6) is 0 Å². The van der Waals surface area contributed by atoms with Gasteiger partial charge in [0.1, 0.15) is 24.1 Å². The molecule has 0 spiro atoms. The summed E-state index contributed by atoms with van der Waals surface area (Å²) in [5.41, 5.74) is 5.75. The number of aromatic amines is 1. The number of hydrogen-bond donors (Lipinski definition) is 5. The highest BCUT2D eigenvalue weighted by Crippen LogP contribution is 2.31. The molecular formula is C12H15N3O5. The molecule has 1 fully saturated rings. The van der Waals surface area contributed by atoms with Gasteiger partial charge in [-0.05, 0) is 6.07 Å². The van der Waals surface area contributed by atoms with Crippen LogP contribution in [0.15, 0.2) is 23.1 Å². The summed E-state index contributed by atoms with van der Waals surface area (Å²) < 4.78 is 6.95. The molecule has 0 radical (unpaired) electrons. The van der Waals surface area contributed by atoms with E-state index in [9.17, 15) is 15.0 Å². The van der Waals surface area contributed by atoms with Crippen molar-refractivity contribution in [1.29, 1.82) is 0 Å². The lowest BCUT2D eigenvalue weighted by Gasteiger charge is -2.17. The summed E-state index contributed by atoms with van der Waals surface area (Å²) in [6.07, 6.45) is -2.59. The van der Waals surface area contributed by atoms with Crippen LogP contribution in [-0.4, -0.2) is 49.8 Å². The number of aliphatic hydroxyl groups is 3. The first-order valence-corrected chi connectivity index (χ1v) is 6.14. The number of fused-ring (bicyclic) bond motifs is 1. The second-order valence-corrected chi connectivity index (χ2v) is 4.80. The van der Waals surface area contributed by atoms with Gasteiger partial charge in [0.25, 0.3) is 5.56 Å². The zero-order valence-corrected chi connectivity index (χ0v) is 10.4. The van der Waals surface area contributed by atoms with E-state index in [-0.39, 0.29) is 11.4 Å². The molecule has 0 amide bonds. The fourth-order valence-electron chi connectivity index (χ4n) is 2.52. The lowest BCUT2D eigenvalue weighted by atomic mass is 10.1. The topological polar surface area (TPSA) is 134 Å². The van der Waals surface area contributed by atoms with Crippen LogP contribution in [0.2, 0.25) is 0 Å². The molecule has 4 atom stereocenters. The summed E-state index contributed by atoms with van der Waals surface area (Å²) in [6, 6.07) is 3.12. The Kier molecular flexibility index (Phi) is 3.02. The normalized spacial score (nSPS) is 30.1. The van der Waals surface area contributed by atoms with Crippen molar-refractivity contribution in [2.24, 2.45) is 0 Å². The summed E-state index contributed by atoms with van der Waals surface area (Å²) >= 11 is 0. The van der Waals surface area contributed by atoms with Crippen molar-refractivity contribution < 1.29 is 20.1 Å². The van der Waals surface area contributed by atoms with Gasteiger partial charge in [-0.25, -0.2) is 0 Å². The number of nitrogen functional groups attached to an aromatic ring is 1. The van der Waals surface area contributed by atoms with Gasteiger partial charge < -0.3 is 35.3 Å². The van der Waals surface area contributed by atoms with Gasteiger partial charge in [0.05, 0.1) is 17.5 Å². The second kappa shape index (κ2) is 4.60. The molecule has 1 unspecified atom stereocenters. The second-order valence-electron chi connectivity index (χ2n) is 4.80. The Morgan fingerprint density at radius 3 is 2.80 bits per heavy atom. The van der Waals surface area contributed by atoms with Crippen molar-refractivity contribution in [3.8, 4) is 0 Å². The van der Waals surface area contributed by atoms with Crippen LogP contribution in [-0.2, 0) is 4.74 Å². The number of pyridine rings is 1. The number of H-pyrrole nitrogens is 1. The molecule has 0 aliphatic carbocycles. The number of aliphatic hydroxyl groups excluding tert-OH is 3. The van der Waals surface area contributed by atoms with E-state index in [1.807, 2.05) is 0 Å². The summed E-state index contributed by atoms with van der Waals surface area (Å²) in [4.78, 5) is 14.2. The minimum absolute atomic E-state index is 0.189. The van der Waals surface area contributed by atoms with E-state index in [2.05, 4.69) is 4.98 Å². The third-order valence-corrected chi connectivity index (χ3v) is 3.54. The van der Waals surface area contributed by atoms with Gasteiger partial charge in [-0.2, -0.15) is 0 Å². The standard InChI is InChI=1S/C12H15N3O5/c13-8-3-6-5(11(19)14-8)1-2-15(6)12-10(18)9(17)7(4-16)20-12/h1-3,7,9-10,12,16-18H,4H2,(H3,13,14,19)/t7-,9-,10+,12?/m1/s1. The van der Waals surface area contributed by atoms with Crippen LogP contribution in [0.3, 0.4) is 0 Å². The number of nitrogens with one attached hydrogen (secondary N) is 1. The van der Waals surface area contributed by atoms with Gasteiger partial charge in [0.15, 0.2) is 6.23 Å². The largest absolute Gasteiger partial charge is 0.394 e. The summed E-state index contributed by atoms with van der Waals surface area (Å²) in [7, 11) is 0. The van der Waals surface area contributed by atoms with Crippen molar-refractivity contribution >= 4 is 16.7 Å². The number of aromatic nitrogens is 2. The molecule has 0 saturated carbocycles. The summed E-state index contributed by atoms with van der Waals surface area (Å²) in [6.45, 7) is -0.406. The first kappa shape index (κ1) is 13.1. The fraction of sp³-hybridized carbons (Fsp3) is 0.417. The minimum atomic E-state index is -1.21. The Balaban J connectivity index is 2.09. The van der Waals surface area contributed by atoms with Gasteiger partial charge in [-0.15, -0.1) is 0 Å². The minimum Gasteiger partial charge on any atom is -0.394 e. The smallest absolute Gasteiger partial charge is 0.258 e. The Labute approximate surface area is 113 Å². The van der Waals surface area contributed by atoms with Crippen LogP contribution >= 0.6 is 0 Å². The zero-order chi connectivity index (χ0) is 14.4. The molecule has 8 nitrogen and oxygen atoms in total. The zero-order valence-electron chi connectivity index (χ0n) is 10.4. The monoisotopic (exact) mass is 281 g/mol. The number of nitrogens with zero attached hydrogens (tertiary/aromatic N) is 1. The van der Waals surface area contributed by atoms with E-state index < -0.39 is 31.1 Å². The molecule has 2 aromatic heterocycles. The molecule has 3 heterocycles. The van der Waals surface area contributed by atoms with E-state index in [1.54, 1.807) is 18.3 Å². The van der Waals surface area contributed by atoms with Crippen LogP contribution in [0, 0.1) is 0 Å². The van der Waals surface area contributed by atoms with Gasteiger partial charge in [-0.1, -0.05) is 0 Å². The first-order chi connectivity index (χ1) is 9.52. The Morgan fingerprint density at radius 1 is 1.40 bits per heavy atom. The van der Waals surface area contributed by atoms with Crippen LogP contribution < -0.4 is 11.3 Å². The number of ether oxygens (including phenoxy) is 1. The molecule has 0 bridgehead atoms. The van der Waals surface area contributed by atoms with E-state index in [0.717, 1.165) is 0 Å². The van der Waals surface area contributed by atoms with Crippen molar-refractivity contribution in [2.75, 3.05) is 12.3 Å². The van der Waals surface area contributed by atoms with Crippen molar-refractivity contribution in [3.63, 3.8) is 0 Å². The molecular weight excluding hydrogens is 266 g/mol. The number of rotatable bonds is 2. The highest BCUT2D eigenvalue weighted by Gasteiger charge is 2.43. The molecule has 2 aromatic rings. The SMILES string of the molecule is Nc1cc2c(ccn2C2O[C@H](CO)[C@@H](O)[C@@H]2O)c(=O)[nH]1. The highest BCUT2D eigenvalue weighted by molar-refractivity contribution is 5.81.